The van der Waals surface area contributed by atoms with Crippen molar-refractivity contribution in [3.8, 4) is 0 Å². The molecule has 0 aliphatic rings. The molecule has 6 nitrogen and oxygen atoms in total. The van der Waals surface area contributed by atoms with Crippen molar-refractivity contribution >= 4 is 30.0 Å². The number of aromatic nitrogens is 3. The highest BCUT2D eigenvalue weighted by Crippen LogP contribution is 2.13. The number of amides is 1. The lowest BCUT2D eigenvalue weighted by molar-refractivity contribution is 0.0996. The Morgan fingerprint density at radius 3 is 2.67 bits per heavy atom. The second-order valence-electron chi connectivity index (χ2n) is 4.65. The molecule has 0 saturated carbocycles. The van der Waals surface area contributed by atoms with Gasteiger partial charge >= 0.3 is 7.48 Å². The van der Waals surface area contributed by atoms with Crippen LogP contribution in [0.25, 0.3) is 11.2 Å². The van der Waals surface area contributed by atoms with E-state index in [1.807, 2.05) is 28.8 Å². The number of carbonyl (C=O) groups excluding carboxylic acids is 1. The minimum Gasteiger partial charge on any atom is -0.450 e. The number of hydrogen-bond donors (Lipinski definition) is 2. The number of benzene rings is 1. The van der Waals surface area contributed by atoms with E-state index in [2.05, 4.69) is 9.97 Å². The summed E-state index contributed by atoms with van der Waals surface area (Å²) in [5, 5.41) is 8.92. The highest BCUT2D eigenvalue weighted by atomic mass is 16.2. The number of rotatable bonds is 4. The molecule has 103 valence electrons. The molecule has 7 heteroatoms. The van der Waals surface area contributed by atoms with Crippen LogP contribution in [0.2, 0.25) is 0 Å². The highest BCUT2D eigenvalue weighted by molar-refractivity contribution is 6.45. The van der Waals surface area contributed by atoms with Gasteiger partial charge in [0.15, 0.2) is 5.65 Å². The van der Waals surface area contributed by atoms with Gasteiger partial charge in [-0.3, -0.25) is 4.79 Å². The molecule has 0 saturated heterocycles. The summed E-state index contributed by atoms with van der Waals surface area (Å²) in [6.45, 7) is 0.567. The summed E-state index contributed by atoms with van der Waals surface area (Å²) in [5.74, 6) is -0.563. The van der Waals surface area contributed by atoms with Crippen LogP contribution >= 0.6 is 0 Å². The quantitative estimate of drug-likeness (QED) is 0.647. The molecule has 0 unspecified atom stereocenters. The highest BCUT2D eigenvalue weighted by Gasteiger charge is 2.09. The SMILES string of the molecule is NC(=O)c1ccc2ncn(Cc3ccc([B]O)cc3)c2n1. The van der Waals surface area contributed by atoms with Crippen LogP contribution in [0.5, 0.6) is 0 Å². The van der Waals surface area contributed by atoms with Gasteiger partial charge in [0.1, 0.15) is 11.2 Å². The monoisotopic (exact) mass is 279 g/mol. The Labute approximate surface area is 121 Å². The molecule has 1 aromatic carbocycles. The van der Waals surface area contributed by atoms with Crippen LogP contribution in [0.15, 0.2) is 42.7 Å². The number of imidazole rings is 1. The molecular formula is C14H12BN4O2. The molecule has 3 rings (SSSR count). The molecule has 0 bridgehead atoms. The van der Waals surface area contributed by atoms with E-state index in [4.69, 9.17) is 10.8 Å². The van der Waals surface area contributed by atoms with Crippen LogP contribution < -0.4 is 11.2 Å². The minimum absolute atomic E-state index is 0.217. The third-order valence-corrected chi connectivity index (χ3v) is 3.20. The maximum atomic E-state index is 11.2. The van der Waals surface area contributed by atoms with Crippen molar-refractivity contribution in [2.24, 2.45) is 5.73 Å². The molecule has 3 N–H and O–H groups in total. The van der Waals surface area contributed by atoms with E-state index in [-0.39, 0.29) is 5.69 Å². The first-order valence-corrected chi connectivity index (χ1v) is 6.35. The van der Waals surface area contributed by atoms with E-state index in [1.165, 1.54) is 0 Å². The van der Waals surface area contributed by atoms with Gasteiger partial charge in [0.2, 0.25) is 0 Å². The third kappa shape index (κ3) is 2.63. The molecule has 21 heavy (non-hydrogen) atoms. The lowest BCUT2D eigenvalue weighted by atomic mass is 9.88. The van der Waals surface area contributed by atoms with Crippen molar-refractivity contribution in [1.82, 2.24) is 14.5 Å². The summed E-state index contributed by atoms with van der Waals surface area (Å²) in [6, 6.07) is 10.7. The first-order valence-electron chi connectivity index (χ1n) is 6.35. The van der Waals surface area contributed by atoms with Crippen molar-refractivity contribution in [2.75, 3.05) is 0 Å². The number of fused-ring (bicyclic) bond motifs is 1. The fraction of sp³-hybridized carbons (Fsp3) is 0.0714. The van der Waals surface area contributed by atoms with E-state index in [0.717, 1.165) is 18.5 Å². The van der Waals surface area contributed by atoms with Crippen LogP contribution in [-0.4, -0.2) is 32.9 Å². The Kier molecular flexibility index (Phi) is 3.41. The molecule has 0 atom stereocenters. The van der Waals surface area contributed by atoms with Crippen molar-refractivity contribution in [2.45, 2.75) is 6.54 Å². The zero-order chi connectivity index (χ0) is 14.8. The molecule has 0 fully saturated rings. The summed E-state index contributed by atoms with van der Waals surface area (Å²) in [4.78, 5) is 19.7. The van der Waals surface area contributed by atoms with Gasteiger partial charge in [0.25, 0.3) is 5.91 Å². The topological polar surface area (TPSA) is 94.0 Å². The lowest BCUT2D eigenvalue weighted by Gasteiger charge is -2.05. The average Bonchev–Trinajstić information content (AvgIpc) is 2.90. The molecule has 2 heterocycles. The van der Waals surface area contributed by atoms with Gasteiger partial charge in [-0.1, -0.05) is 29.7 Å². The molecule has 0 aliphatic heterocycles. The van der Waals surface area contributed by atoms with Crippen LogP contribution in [0.1, 0.15) is 16.1 Å². The minimum atomic E-state index is -0.563. The van der Waals surface area contributed by atoms with Crippen molar-refractivity contribution in [3.05, 3.63) is 54.0 Å². The Morgan fingerprint density at radius 2 is 2.00 bits per heavy atom. The van der Waals surface area contributed by atoms with Gasteiger partial charge in [-0.2, -0.15) is 0 Å². The van der Waals surface area contributed by atoms with Crippen molar-refractivity contribution in [1.29, 1.82) is 0 Å². The summed E-state index contributed by atoms with van der Waals surface area (Å²) in [5.41, 5.74) is 8.56. The number of nitrogens with zero attached hydrogens (tertiary/aromatic N) is 3. The molecule has 1 amide bonds. The predicted molar refractivity (Wildman–Crippen MR) is 79.2 cm³/mol. The Balaban J connectivity index is 1.95. The van der Waals surface area contributed by atoms with E-state index in [1.54, 1.807) is 18.5 Å². The van der Waals surface area contributed by atoms with Gasteiger partial charge in [-0.25, -0.2) is 9.97 Å². The molecule has 2 aromatic heterocycles. The molecule has 1 radical (unpaired) electrons. The fourth-order valence-electron chi connectivity index (χ4n) is 2.10. The predicted octanol–water partition coefficient (Wildman–Crippen LogP) is -0.185. The van der Waals surface area contributed by atoms with Crippen LogP contribution in [0, 0.1) is 0 Å². The third-order valence-electron chi connectivity index (χ3n) is 3.20. The van der Waals surface area contributed by atoms with Crippen LogP contribution in [-0.2, 0) is 6.54 Å². The van der Waals surface area contributed by atoms with Gasteiger partial charge in [-0.05, 0) is 17.7 Å². The molecule has 0 spiro atoms. The maximum Gasteiger partial charge on any atom is 0.326 e. The average molecular weight is 279 g/mol. The van der Waals surface area contributed by atoms with Crippen molar-refractivity contribution in [3.63, 3.8) is 0 Å². The smallest absolute Gasteiger partial charge is 0.326 e. The van der Waals surface area contributed by atoms with E-state index < -0.39 is 5.91 Å². The summed E-state index contributed by atoms with van der Waals surface area (Å²) < 4.78 is 1.85. The second-order valence-corrected chi connectivity index (χ2v) is 4.65. The van der Waals surface area contributed by atoms with Gasteiger partial charge in [0, 0.05) is 0 Å². The summed E-state index contributed by atoms with van der Waals surface area (Å²) >= 11 is 0. The first kappa shape index (κ1) is 13.3. The molecule has 3 aromatic rings. The maximum absolute atomic E-state index is 11.2. The largest absolute Gasteiger partial charge is 0.450 e. The Morgan fingerprint density at radius 1 is 1.24 bits per heavy atom. The van der Waals surface area contributed by atoms with E-state index >= 15 is 0 Å². The number of pyridine rings is 1. The van der Waals surface area contributed by atoms with E-state index in [9.17, 15) is 4.79 Å². The van der Waals surface area contributed by atoms with Crippen LogP contribution in [0.4, 0.5) is 0 Å². The summed E-state index contributed by atoms with van der Waals surface area (Å²) in [7, 11) is 1.05. The van der Waals surface area contributed by atoms with Gasteiger partial charge in [-0.15, -0.1) is 0 Å². The molecular weight excluding hydrogens is 267 g/mol. The number of primary amides is 1. The molecule has 0 aliphatic carbocycles. The standard InChI is InChI=1S/C14H12BN4O2/c16-13(20)11-5-6-12-14(18-11)19(8-17-12)7-9-1-3-10(15-21)4-2-9/h1-6,8,21H,7H2,(H2,16,20). The normalized spacial score (nSPS) is 10.7. The number of hydrogen-bond acceptors (Lipinski definition) is 4. The van der Waals surface area contributed by atoms with Crippen LogP contribution in [0.3, 0.4) is 0 Å². The Bertz CT molecular complexity index is 798. The zero-order valence-electron chi connectivity index (χ0n) is 11.1. The first-order chi connectivity index (χ1) is 10.2. The zero-order valence-corrected chi connectivity index (χ0v) is 11.1. The summed E-state index contributed by atoms with van der Waals surface area (Å²) in [6.07, 6.45) is 1.68. The lowest BCUT2D eigenvalue weighted by Crippen LogP contribution is -2.14. The van der Waals surface area contributed by atoms with Gasteiger partial charge in [0.05, 0.1) is 12.9 Å². The van der Waals surface area contributed by atoms with E-state index in [0.29, 0.717) is 17.7 Å². The van der Waals surface area contributed by atoms with Gasteiger partial charge < -0.3 is 15.3 Å². The Hall–Kier alpha value is -2.67. The second kappa shape index (κ2) is 5.38. The van der Waals surface area contributed by atoms with Crippen molar-refractivity contribution < 1.29 is 9.82 Å². The number of nitrogens with two attached hydrogens (primary N) is 1. The fourth-order valence-corrected chi connectivity index (χ4v) is 2.10. The number of carbonyl (C=O) groups is 1.